The molecule has 0 bridgehead atoms. The van der Waals surface area contributed by atoms with Gasteiger partial charge in [-0.05, 0) is 91.4 Å². The molecular weight excluding hydrogens is 413 g/mol. The Labute approximate surface area is 188 Å². The zero-order chi connectivity index (χ0) is 22.9. The molecule has 1 aromatic carbocycles. The summed E-state index contributed by atoms with van der Waals surface area (Å²) in [4.78, 5) is 0. The predicted molar refractivity (Wildman–Crippen MR) is 119 cm³/mol. The first kappa shape index (κ1) is 22.2. The van der Waals surface area contributed by atoms with Crippen LogP contribution in [0.3, 0.4) is 0 Å². The lowest BCUT2D eigenvalue weighted by atomic mass is 9.48. The molecule has 5 rings (SSSR count). The van der Waals surface area contributed by atoms with Crippen molar-refractivity contribution >= 4 is 6.08 Å². The SMILES string of the molecule is C[C@@]12CC[C@H]3[C@@H](CC=C4C[C@@H](O)CC[C@@]43C)[C@H]1C/C(=C\c1ccc(C(F)(F)F)cc1)[C@@H]2O. The Bertz CT molecular complexity index is 947. The van der Waals surface area contributed by atoms with E-state index < -0.39 is 17.8 Å². The molecule has 4 aliphatic rings. The molecule has 0 amide bonds. The van der Waals surface area contributed by atoms with E-state index in [2.05, 4.69) is 19.9 Å². The second kappa shape index (κ2) is 7.46. The highest BCUT2D eigenvalue weighted by Crippen LogP contribution is 2.65. The molecule has 174 valence electrons. The third kappa shape index (κ3) is 3.38. The number of halogens is 3. The molecule has 7 atom stereocenters. The average Bonchev–Trinajstić information content (AvgIpc) is 2.99. The molecule has 2 N–H and O–H groups in total. The minimum atomic E-state index is -4.34. The molecule has 0 aliphatic heterocycles. The lowest BCUT2D eigenvalue weighted by Gasteiger charge is -2.57. The minimum Gasteiger partial charge on any atom is -0.393 e. The molecule has 3 saturated carbocycles. The van der Waals surface area contributed by atoms with E-state index in [1.807, 2.05) is 6.08 Å². The van der Waals surface area contributed by atoms with Crippen LogP contribution in [0.15, 0.2) is 41.5 Å². The normalized spacial score (nSPS) is 42.8. The van der Waals surface area contributed by atoms with E-state index >= 15 is 0 Å². The fraction of sp³-hybridized carbons (Fsp3) is 0.630. The topological polar surface area (TPSA) is 40.5 Å². The first-order valence-electron chi connectivity index (χ1n) is 12.0. The highest BCUT2D eigenvalue weighted by Gasteiger charge is 2.59. The minimum absolute atomic E-state index is 0.147. The van der Waals surface area contributed by atoms with Crippen molar-refractivity contribution in [3.63, 3.8) is 0 Å². The van der Waals surface area contributed by atoms with E-state index in [9.17, 15) is 23.4 Å². The van der Waals surface area contributed by atoms with Crippen molar-refractivity contribution in [1.82, 2.24) is 0 Å². The first-order chi connectivity index (χ1) is 15.0. The molecule has 32 heavy (non-hydrogen) atoms. The number of benzene rings is 1. The first-order valence-corrected chi connectivity index (χ1v) is 12.0. The monoisotopic (exact) mass is 446 g/mol. The molecule has 1 aromatic rings. The molecule has 0 unspecified atom stereocenters. The van der Waals surface area contributed by atoms with Gasteiger partial charge in [-0.1, -0.05) is 43.7 Å². The van der Waals surface area contributed by atoms with E-state index in [4.69, 9.17) is 0 Å². The zero-order valence-electron chi connectivity index (χ0n) is 18.8. The van der Waals surface area contributed by atoms with Crippen LogP contribution in [-0.4, -0.2) is 22.4 Å². The van der Waals surface area contributed by atoms with Gasteiger partial charge in [-0.3, -0.25) is 0 Å². The predicted octanol–water partition coefficient (Wildman–Crippen LogP) is 6.38. The fourth-order valence-corrected chi connectivity index (χ4v) is 7.62. The summed E-state index contributed by atoms with van der Waals surface area (Å²) in [5.41, 5.74) is 2.41. The third-order valence-electron chi connectivity index (χ3n) is 9.54. The van der Waals surface area contributed by atoms with Gasteiger partial charge in [0.25, 0.3) is 0 Å². The van der Waals surface area contributed by atoms with Crippen LogP contribution >= 0.6 is 0 Å². The van der Waals surface area contributed by atoms with Gasteiger partial charge in [0.2, 0.25) is 0 Å². The number of hydrogen-bond acceptors (Lipinski definition) is 2. The smallest absolute Gasteiger partial charge is 0.393 e. The molecule has 0 spiro atoms. The molecule has 5 heteroatoms. The highest BCUT2D eigenvalue weighted by atomic mass is 19.4. The Kier molecular flexibility index (Phi) is 5.18. The van der Waals surface area contributed by atoms with E-state index in [0.717, 1.165) is 62.7 Å². The summed E-state index contributed by atoms with van der Waals surface area (Å²) in [5.74, 6) is 1.45. The second-order valence-corrected chi connectivity index (χ2v) is 11.1. The van der Waals surface area contributed by atoms with Gasteiger partial charge in [0.15, 0.2) is 0 Å². The van der Waals surface area contributed by atoms with Crippen molar-refractivity contribution in [1.29, 1.82) is 0 Å². The van der Waals surface area contributed by atoms with Crippen molar-refractivity contribution in [3.8, 4) is 0 Å². The Morgan fingerprint density at radius 1 is 0.969 bits per heavy atom. The fourth-order valence-electron chi connectivity index (χ4n) is 7.62. The Hall–Kier alpha value is -1.59. The maximum atomic E-state index is 12.9. The van der Waals surface area contributed by atoms with Gasteiger partial charge >= 0.3 is 6.18 Å². The van der Waals surface area contributed by atoms with Crippen LogP contribution in [0.5, 0.6) is 0 Å². The number of rotatable bonds is 1. The van der Waals surface area contributed by atoms with E-state index in [0.29, 0.717) is 23.3 Å². The maximum absolute atomic E-state index is 12.9. The number of fused-ring (bicyclic) bond motifs is 5. The van der Waals surface area contributed by atoms with Crippen LogP contribution in [0.25, 0.3) is 6.08 Å². The number of aliphatic hydroxyl groups excluding tert-OH is 2. The summed E-state index contributed by atoms with van der Waals surface area (Å²) in [6, 6.07) is 5.23. The van der Waals surface area contributed by atoms with Crippen molar-refractivity contribution in [2.24, 2.45) is 28.6 Å². The largest absolute Gasteiger partial charge is 0.416 e. The highest BCUT2D eigenvalue weighted by molar-refractivity contribution is 5.56. The standard InChI is InChI=1S/C27H33F3O2/c1-25-11-9-20(31)15-19(25)7-8-21-22(25)10-12-26(2)23(21)14-17(24(26)32)13-16-3-5-18(6-4-16)27(28,29)30/h3-7,13,20-24,31-32H,8-12,14-15H2,1-2H3/b17-13+/t20-,21+,22-,23+,24-,25-,26+/m0/s1. The molecular formula is C27H33F3O2. The van der Waals surface area contributed by atoms with Crippen LogP contribution < -0.4 is 0 Å². The number of alkyl halides is 3. The summed E-state index contributed by atoms with van der Waals surface area (Å²) in [6.45, 7) is 4.59. The van der Waals surface area contributed by atoms with Gasteiger partial charge in [-0.25, -0.2) is 0 Å². The molecule has 0 aromatic heterocycles. The van der Waals surface area contributed by atoms with E-state index in [1.54, 1.807) is 0 Å². The van der Waals surface area contributed by atoms with Crippen LogP contribution in [0.2, 0.25) is 0 Å². The van der Waals surface area contributed by atoms with Gasteiger partial charge in [0.1, 0.15) is 0 Å². The summed E-state index contributed by atoms with van der Waals surface area (Å²) in [6.07, 6.45) is 5.73. The zero-order valence-corrected chi connectivity index (χ0v) is 18.8. The summed E-state index contributed by atoms with van der Waals surface area (Å²) in [7, 11) is 0. The Morgan fingerprint density at radius 2 is 1.69 bits per heavy atom. The van der Waals surface area contributed by atoms with Crippen molar-refractivity contribution < 1.29 is 23.4 Å². The number of hydrogen-bond donors (Lipinski definition) is 2. The van der Waals surface area contributed by atoms with Gasteiger partial charge in [-0.15, -0.1) is 0 Å². The quantitative estimate of drug-likeness (QED) is 0.491. The average molecular weight is 447 g/mol. The van der Waals surface area contributed by atoms with Crippen LogP contribution in [-0.2, 0) is 6.18 Å². The van der Waals surface area contributed by atoms with Crippen molar-refractivity contribution in [3.05, 3.63) is 52.6 Å². The van der Waals surface area contributed by atoms with E-state index in [1.165, 1.54) is 17.7 Å². The van der Waals surface area contributed by atoms with E-state index in [-0.39, 0.29) is 16.9 Å². The van der Waals surface area contributed by atoms with Crippen molar-refractivity contribution in [2.45, 2.75) is 77.2 Å². The number of aliphatic hydroxyl groups is 2. The van der Waals surface area contributed by atoms with Gasteiger partial charge in [0.05, 0.1) is 17.8 Å². The van der Waals surface area contributed by atoms with Gasteiger partial charge in [-0.2, -0.15) is 13.2 Å². The maximum Gasteiger partial charge on any atom is 0.416 e. The van der Waals surface area contributed by atoms with Crippen LogP contribution in [0.4, 0.5) is 13.2 Å². The summed E-state index contributed by atoms with van der Waals surface area (Å²) in [5, 5.41) is 21.5. The number of allylic oxidation sites excluding steroid dienone is 1. The van der Waals surface area contributed by atoms with Crippen molar-refractivity contribution in [2.75, 3.05) is 0 Å². The molecule has 3 fully saturated rings. The summed E-state index contributed by atoms with van der Waals surface area (Å²) < 4.78 is 38.7. The second-order valence-electron chi connectivity index (χ2n) is 11.1. The molecule has 0 heterocycles. The third-order valence-corrected chi connectivity index (χ3v) is 9.54. The lowest BCUT2D eigenvalue weighted by molar-refractivity contribution is -0.137. The van der Waals surface area contributed by atoms with Crippen LogP contribution in [0, 0.1) is 28.6 Å². The van der Waals surface area contributed by atoms with Crippen LogP contribution in [0.1, 0.15) is 69.9 Å². The molecule has 0 radical (unpaired) electrons. The Morgan fingerprint density at radius 3 is 2.38 bits per heavy atom. The summed E-state index contributed by atoms with van der Waals surface area (Å²) >= 11 is 0. The molecule has 4 aliphatic carbocycles. The lowest BCUT2D eigenvalue weighted by Crippen LogP contribution is -2.51. The molecule has 2 nitrogen and oxygen atoms in total. The van der Waals surface area contributed by atoms with Gasteiger partial charge < -0.3 is 10.2 Å². The molecule has 0 saturated heterocycles. The van der Waals surface area contributed by atoms with Gasteiger partial charge in [0, 0.05) is 5.41 Å². The Balaban J connectivity index is 1.42.